The summed E-state index contributed by atoms with van der Waals surface area (Å²) < 4.78 is 1.99. The number of nitrogens with one attached hydrogen (secondary N) is 1. The van der Waals surface area contributed by atoms with Gasteiger partial charge in [0.25, 0.3) is 0 Å². The Labute approximate surface area is 139 Å². The number of anilines is 1. The van der Waals surface area contributed by atoms with Crippen molar-refractivity contribution in [1.29, 1.82) is 0 Å². The topological polar surface area (TPSA) is 37.8 Å². The molecule has 0 aliphatic carbocycles. The first-order valence-electron chi connectivity index (χ1n) is 5.76. The monoisotopic (exact) mass is 451 g/mol. The third-order valence-electron chi connectivity index (χ3n) is 2.53. The summed E-state index contributed by atoms with van der Waals surface area (Å²) in [6.45, 7) is 4.83. The van der Waals surface area contributed by atoms with Crippen LogP contribution in [0.4, 0.5) is 5.82 Å². The van der Waals surface area contributed by atoms with Gasteiger partial charge in [-0.3, -0.25) is 0 Å². The number of aromatic nitrogens is 2. The maximum absolute atomic E-state index is 6.23. The molecule has 0 aliphatic rings. The highest BCUT2D eigenvalue weighted by Gasteiger charge is 2.13. The summed E-state index contributed by atoms with van der Waals surface area (Å²) in [5.41, 5.74) is 1.77. The van der Waals surface area contributed by atoms with Crippen molar-refractivity contribution in [1.82, 2.24) is 9.97 Å². The molecule has 19 heavy (non-hydrogen) atoms. The molecule has 0 bridgehead atoms. The molecule has 0 saturated heterocycles. The van der Waals surface area contributed by atoms with Gasteiger partial charge in [0.15, 0.2) is 5.82 Å². The first-order chi connectivity index (χ1) is 9.02. The Morgan fingerprint density at radius 1 is 1.37 bits per heavy atom. The largest absolute Gasteiger partial charge is 0.369 e. The third-order valence-corrected chi connectivity index (χ3v) is 4.64. The fourth-order valence-corrected chi connectivity index (χ4v) is 2.63. The lowest BCUT2D eigenvalue weighted by atomic mass is 10.2. The van der Waals surface area contributed by atoms with E-state index in [1.54, 1.807) is 0 Å². The van der Waals surface area contributed by atoms with Crippen LogP contribution in [0, 0.1) is 10.5 Å². The average Bonchev–Trinajstić information content (AvgIpc) is 2.38. The highest BCUT2D eigenvalue weighted by Crippen LogP contribution is 2.30. The van der Waals surface area contributed by atoms with Crippen LogP contribution in [0.1, 0.15) is 12.6 Å². The predicted octanol–water partition coefficient (Wildman–Crippen LogP) is 4.90. The maximum atomic E-state index is 6.23. The van der Waals surface area contributed by atoms with Crippen LogP contribution in [0.2, 0.25) is 5.02 Å². The highest BCUT2D eigenvalue weighted by molar-refractivity contribution is 14.1. The van der Waals surface area contributed by atoms with E-state index in [-0.39, 0.29) is 0 Å². The standard InChI is InChI=1S/C13H12BrClIN3/c1-3-17-13-11(16)7(2)18-12(19-13)9-6-8(14)4-5-10(9)15/h4-6H,3H2,1-2H3,(H,17,18,19). The van der Waals surface area contributed by atoms with Gasteiger partial charge in [-0.15, -0.1) is 0 Å². The SMILES string of the molecule is CCNc1nc(-c2cc(Br)ccc2Cl)nc(C)c1I. The number of hydrogen-bond donors (Lipinski definition) is 1. The van der Waals surface area contributed by atoms with Gasteiger partial charge < -0.3 is 5.32 Å². The molecule has 1 heterocycles. The number of rotatable bonds is 3. The van der Waals surface area contributed by atoms with Gasteiger partial charge in [0.2, 0.25) is 0 Å². The molecule has 100 valence electrons. The lowest BCUT2D eigenvalue weighted by Crippen LogP contribution is -2.06. The molecule has 1 aromatic carbocycles. The fraction of sp³-hybridized carbons (Fsp3) is 0.231. The number of halogens is 3. The molecule has 0 fully saturated rings. The van der Waals surface area contributed by atoms with E-state index < -0.39 is 0 Å². The van der Waals surface area contributed by atoms with Crippen molar-refractivity contribution in [3.05, 3.63) is 37.0 Å². The molecular formula is C13H12BrClIN3. The minimum Gasteiger partial charge on any atom is -0.369 e. The van der Waals surface area contributed by atoms with E-state index in [0.717, 1.165) is 31.7 Å². The zero-order valence-electron chi connectivity index (χ0n) is 10.5. The summed E-state index contributed by atoms with van der Waals surface area (Å²) in [5.74, 6) is 1.49. The lowest BCUT2D eigenvalue weighted by Gasteiger charge is -2.11. The summed E-state index contributed by atoms with van der Waals surface area (Å²) >= 11 is 11.9. The van der Waals surface area contributed by atoms with Crippen molar-refractivity contribution in [2.75, 3.05) is 11.9 Å². The van der Waals surface area contributed by atoms with Crippen LogP contribution in [0.3, 0.4) is 0 Å². The third kappa shape index (κ3) is 3.38. The van der Waals surface area contributed by atoms with E-state index in [1.165, 1.54) is 0 Å². The van der Waals surface area contributed by atoms with Gasteiger partial charge in [-0.25, -0.2) is 9.97 Å². The van der Waals surface area contributed by atoms with Crippen LogP contribution >= 0.6 is 50.1 Å². The number of nitrogens with zero attached hydrogens (tertiary/aromatic N) is 2. The van der Waals surface area contributed by atoms with Crippen LogP contribution in [0.5, 0.6) is 0 Å². The van der Waals surface area contributed by atoms with E-state index in [1.807, 2.05) is 32.0 Å². The van der Waals surface area contributed by atoms with Gasteiger partial charge in [0.05, 0.1) is 14.3 Å². The predicted molar refractivity (Wildman–Crippen MR) is 91.8 cm³/mol. The molecule has 0 unspecified atom stereocenters. The van der Waals surface area contributed by atoms with Gasteiger partial charge in [-0.2, -0.15) is 0 Å². The van der Waals surface area contributed by atoms with E-state index in [9.17, 15) is 0 Å². The van der Waals surface area contributed by atoms with Crippen molar-refractivity contribution in [2.45, 2.75) is 13.8 Å². The number of benzene rings is 1. The molecule has 0 spiro atoms. The minimum atomic E-state index is 0.639. The van der Waals surface area contributed by atoms with Crippen molar-refractivity contribution in [2.24, 2.45) is 0 Å². The van der Waals surface area contributed by atoms with Crippen LogP contribution in [-0.2, 0) is 0 Å². The summed E-state index contributed by atoms with van der Waals surface area (Å²) in [4.78, 5) is 9.08. The molecule has 0 amide bonds. The molecule has 3 nitrogen and oxygen atoms in total. The van der Waals surface area contributed by atoms with Crippen molar-refractivity contribution in [3.63, 3.8) is 0 Å². The highest BCUT2D eigenvalue weighted by atomic mass is 127. The molecule has 0 aliphatic heterocycles. The first-order valence-corrected chi connectivity index (χ1v) is 8.01. The number of aryl methyl sites for hydroxylation is 1. The lowest BCUT2D eigenvalue weighted by molar-refractivity contribution is 1.06. The Hall–Kier alpha value is -0.400. The van der Waals surface area contributed by atoms with Gasteiger partial charge >= 0.3 is 0 Å². The van der Waals surface area contributed by atoms with E-state index in [2.05, 4.69) is 53.8 Å². The summed E-state index contributed by atoms with van der Waals surface area (Å²) in [5, 5.41) is 3.89. The molecular weight excluding hydrogens is 440 g/mol. The molecule has 1 N–H and O–H groups in total. The van der Waals surface area contributed by atoms with Gasteiger partial charge in [0.1, 0.15) is 5.82 Å². The zero-order chi connectivity index (χ0) is 14.0. The van der Waals surface area contributed by atoms with Gasteiger partial charge in [-0.05, 0) is 54.6 Å². The Morgan fingerprint density at radius 2 is 2.11 bits per heavy atom. The summed E-state index contributed by atoms with van der Waals surface area (Å²) in [7, 11) is 0. The molecule has 2 aromatic rings. The van der Waals surface area contributed by atoms with Gasteiger partial charge in [-0.1, -0.05) is 27.5 Å². The fourth-order valence-electron chi connectivity index (χ4n) is 1.63. The zero-order valence-corrected chi connectivity index (χ0v) is 15.0. The Balaban J connectivity index is 2.59. The molecule has 6 heteroatoms. The minimum absolute atomic E-state index is 0.639. The first kappa shape index (κ1) is 15.0. The normalized spacial score (nSPS) is 10.6. The van der Waals surface area contributed by atoms with Crippen LogP contribution < -0.4 is 5.32 Å². The van der Waals surface area contributed by atoms with Crippen molar-refractivity contribution in [3.8, 4) is 11.4 Å². The Morgan fingerprint density at radius 3 is 2.79 bits per heavy atom. The summed E-state index contributed by atoms with van der Waals surface area (Å²) in [6, 6.07) is 5.67. The maximum Gasteiger partial charge on any atom is 0.163 e. The van der Waals surface area contributed by atoms with E-state index in [0.29, 0.717) is 10.8 Å². The molecule has 2 rings (SSSR count). The van der Waals surface area contributed by atoms with E-state index in [4.69, 9.17) is 11.6 Å². The van der Waals surface area contributed by atoms with Crippen LogP contribution in [0.15, 0.2) is 22.7 Å². The quantitative estimate of drug-likeness (QED) is 0.673. The molecule has 0 radical (unpaired) electrons. The second-order valence-electron chi connectivity index (χ2n) is 3.95. The number of hydrogen-bond acceptors (Lipinski definition) is 3. The second kappa shape index (κ2) is 6.37. The molecule has 0 atom stereocenters. The van der Waals surface area contributed by atoms with Crippen LogP contribution in [-0.4, -0.2) is 16.5 Å². The second-order valence-corrected chi connectivity index (χ2v) is 6.35. The van der Waals surface area contributed by atoms with Crippen molar-refractivity contribution >= 4 is 55.9 Å². The smallest absolute Gasteiger partial charge is 0.163 e. The van der Waals surface area contributed by atoms with Crippen LogP contribution in [0.25, 0.3) is 11.4 Å². The van der Waals surface area contributed by atoms with Gasteiger partial charge in [0, 0.05) is 16.6 Å². The molecule has 1 aromatic heterocycles. The average molecular weight is 453 g/mol. The molecule has 0 saturated carbocycles. The summed E-state index contributed by atoms with van der Waals surface area (Å²) in [6.07, 6.45) is 0. The van der Waals surface area contributed by atoms with Crippen molar-refractivity contribution < 1.29 is 0 Å². The Bertz CT molecular complexity index is 619. The van der Waals surface area contributed by atoms with E-state index >= 15 is 0 Å². The Kier molecular flexibility index (Phi) is 5.03.